The van der Waals surface area contributed by atoms with Crippen molar-refractivity contribution >= 4 is 22.5 Å². The number of piperidine rings is 1. The Morgan fingerprint density at radius 2 is 2.16 bits per heavy atom. The van der Waals surface area contributed by atoms with E-state index in [1.54, 1.807) is 6.07 Å². The number of hydrogen-bond acceptors (Lipinski definition) is 5. The summed E-state index contributed by atoms with van der Waals surface area (Å²) in [5.74, 6) is 1.50. The van der Waals surface area contributed by atoms with Crippen molar-refractivity contribution in [2.24, 2.45) is 7.05 Å². The van der Waals surface area contributed by atoms with Gasteiger partial charge in [-0.05, 0) is 31.9 Å². The van der Waals surface area contributed by atoms with Crippen LogP contribution in [0.15, 0.2) is 30.6 Å². The Bertz CT molecular complexity index is 906. The van der Waals surface area contributed by atoms with Gasteiger partial charge >= 0.3 is 0 Å². The highest BCUT2D eigenvalue weighted by Crippen LogP contribution is 2.25. The average Bonchev–Trinajstić information content (AvgIpc) is 2.95. The zero-order chi connectivity index (χ0) is 17.4. The first-order valence-corrected chi connectivity index (χ1v) is 8.53. The van der Waals surface area contributed by atoms with Gasteiger partial charge in [-0.25, -0.2) is 14.4 Å². The highest BCUT2D eigenvalue weighted by molar-refractivity contribution is 5.89. The Kier molecular flexibility index (Phi) is 3.99. The summed E-state index contributed by atoms with van der Waals surface area (Å²) < 4.78 is 15.9. The smallest absolute Gasteiger partial charge is 0.149 e. The van der Waals surface area contributed by atoms with Crippen LogP contribution in [-0.4, -0.2) is 38.9 Å². The molecule has 0 radical (unpaired) electrons. The molecule has 6 nitrogen and oxygen atoms in total. The summed E-state index contributed by atoms with van der Waals surface area (Å²) in [7, 11) is 1.97. The second kappa shape index (κ2) is 6.31. The molecule has 1 fully saturated rings. The van der Waals surface area contributed by atoms with E-state index in [1.807, 2.05) is 24.7 Å². The van der Waals surface area contributed by atoms with E-state index in [0.29, 0.717) is 11.3 Å². The van der Waals surface area contributed by atoms with Gasteiger partial charge in [0.05, 0.1) is 5.69 Å². The Morgan fingerprint density at radius 1 is 1.28 bits per heavy atom. The van der Waals surface area contributed by atoms with E-state index >= 15 is 0 Å². The number of rotatable bonds is 3. The number of para-hydroxylation sites is 1. The molecule has 3 heterocycles. The molecule has 3 aromatic rings. The second-order valence-electron chi connectivity index (χ2n) is 6.56. The topological polar surface area (TPSA) is 58.9 Å². The molecule has 1 saturated heterocycles. The van der Waals surface area contributed by atoms with Gasteiger partial charge < -0.3 is 10.2 Å². The summed E-state index contributed by atoms with van der Waals surface area (Å²) in [4.78, 5) is 10.7. The van der Waals surface area contributed by atoms with Crippen LogP contribution in [0.1, 0.15) is 18.5 Å². The normalized spacial score (nSPS) is 17.9. The van der Waals surface area contributed by atoms with Gasteiger partial charge in [-0.2, -0.15) is 5.10 Å². The van der Waals surface area contributed by atoms with E-state index in [-0.39, 0.29) is 11.9 Å². The Morgan fingerprint density at radius 3 is 2.96 bits per heavy atom. The average molecular weight is 340 g/mol. The van der Waals surface area contributed by atoms with Gasteiger partial charge in [-0.15, -0.1) is 0 Å². The minimum atomic E-state index is -0.321. The molecule has 0 amide bonds. The molecule has 0 saturated carbocycles. The van der Waals surface area contributed by atoms with E-state index in [4.69, 9.17) is 0 Å². The molecule has 1 aliphatic heterocycles. The molecular weight excluding hydrogens is 319 g/mol. The van der Waals surface area contributed by atoms with Gasteiger partial charge in [0.2, 0.25) is 0 Å². The molecule has 7 heteroatoms. The predicted octanol–water partition coefficient (Wildman–Crippen LogP) is 2.89. The van der Waals surface area contributed by atoms with Gasteiger partial charge in [-0.3, -0.25) is 4.68 Å². The van der Waals surface area contributed by atoms with Crippen LogP contribution in [-0.2, 0) is 7.05 Å². The molecule has 1 atom stereocenters. The minimum Gasteiger partial charge on any atom is -0.365 e. The first kappa shape index (κ1) is 15.8. The number of fused-ring (bicyclic) bond motifs is 1. The third-order valence-electron chi connectivity index (χ3n) is 4.68. The molecule has 0 spiro atoms. The first-order chi connectivity index (χ1) is 12.1. The van der Waals surface area contributed by atoms with Gasteiger partial charge in [0.25, 0.3) is 0 Å². The predicted molar refractivity (Wildman–Crippen MR) is 96.3 cm³/mol. The SMILES string of the molecule is Cc1cc(N2CCCC(Nc3ncnc4c(F)cccc34)C2)n(C)n1. The maximum atomic E-state index is 13.9. The Balaban J connectivity index is 1.57. The van der Waals surface area contributed by atoms with Gasteiger partial charge in [-0.1, -0.05) is 6.07 Å². The fourth-order valence-corrected chi connectivity index (χ4v) is 3.56. The lowest BCUT2D eigenvalue weighted by molar-refractivity contribution is 0.518. The number of hydrogen-bond donors (Lipinski definition) is 1. The van der Waals surface area contributed by atoms with Gasteiger partial charge in [0.1, 0.15) is 29.3 Å². The zero-order valence-corrected chi connectivity index (χ0v) is 14.4. The fourth-order valence-electron chi connectivity index (χ4n) is 3.56. The highest BCUT2D eigenvalue weighted by Gasteiger charge is 2.23. The van der Waals surface area contributed by atoms with Crippen molar-refractivity contribution in [3.8, 4) is 0 Å². The largest absolute Gasteiger partial charge is 0.365 e. The van der Waals surface area contributed by atoms with E-state index in [9.17, 15) is 4.39 Å². The summed E-state index contributed by atoms with van der Waals surface area (Å²) in [6, 6.07) is 7.32. The molecule has 1 aromatic carbocycles. The van der Waals surface area contributed by atoms with Crippen LogP contribution in [0, 0.1) is 12.7 Å². The number of anilines is 2. The molecule has 25 heavy (non-hydrogen) atoms. The molecule has 1 unspecified atom stereocenters. The summed E-state index contributed by atoms with van der Waals surface area (Å²) in [6.07, 6.45) is 3.55. The van der Waals surface area contributed by atoms with Crippen molar-refractivity contribution in [1.29, 1.82) is 0 Å². The molecule has 1 aliphatic rings. The van der Waals surface area contributed by atoms with E-state index < -0.39 is 0 Å². The van der Waals surface area contributed by atoms with E-state index in [0.717, 1.165) is 42.8 Å². The summed E-state index contributed by atoms with van der Waals surface area (Å²) in [5, 5.41) is 8.64. The lowest BCUT2D eigenvalue weighted by Gasteiger charge is -2.34. The second-order valence-corrected chi connectivity index (χ2v) is 6.56. The van der Waals surface area contributed by atoms with Crippen molar-refractivity contribution in [3.05, 3.63) is 42.1 Å². The molecule has 4 rings (SSSR count). The number of nitrogens with one attached hydrogen (secondary N) is 1. The highest BCUT2D eigenvalue weighted by atomic mass is 19.1. The maximum absolute atomic E-state index is 13.9. The van der Waals surface area contributed by atoms with Crippen LogP contribution in [0.2, 0.25) is 0 Å². The summed E-state index contributed by atoms with van der Waals surface area (Å²) in [6.45, 7) is 3.88. The van der Waals surface area contributed by atoms with Crippen molar-refractivity contribution in [2.75, 3.05) is 23.3 Å². The van der Waals surface area contributed by atoms with Gasteiger partial charge in [0, 0.05) is 37.6 Å². The van der Waals surface area contributed by atoms with Crippen LogP contribution in [0.3, 0.4) is 0 Å². The van der Waals surface area contributed by atoms with Crippen LogP contribution >= 0.6 is 0 Å². The first-order valence-electron chi connectivity index (χ1n) is 8.53. The van der Waals surface area contributed by atoms with Crippen LogP contribution in [0.5, 0.6) is 0 Å². The van der Waals surface area contributed by atoms with Crippen LogP contribution in [0.25, 0.3) is 10.9 Å². The Hall–Kier alpha value is -2.70. The van der Waals surface area contributed by atoms with E-state index in [1.165, 1.54) is 12.4 Å². The lowest BCUT2D eigenvalue weighted by atomic mass is 10.1. The van der Waals surface area contributed by atoms with E-state index in [2.05, 4.69) is 31.3 Å². The number of halogens is 1. The molecule has 1 N–H and O–H groups in total. The molecule has 0 bridgehead atoms. The minimum absolute atomic E-state index is 0.241. The van der Waals surface area contributed by atoms with Crippen molar-refractivity contribution in [1.82, 2.24) is 19.7 Å². The maximum Gasteiger partial charge on any atom is 0.149 e. The molecular formula is C18H21FN6. The fraction of sp³-hybridized carbons (Fsp3) is 0.389. The Labute approximate surface area is 145 Å². The lowest BCUT2D eigenvalue weighted by Crippen LogP contribution is -2.43. The molecule has 0 aliphatic carbocycles. The number of aryl methyl sites for hydroxylation is 2. The molecule has 130 valence electrons. The summed E-state index contributed by atoms with van der Waals surface area (Å²) >= 11 is 0. The van der Waals surface area contributed by atoms with Crippen LogP contribution in [0.4, 0.5) is 16.0 Å². The molecule has 2 aromatic heterocycles. The zero-order valence-electron chi connectivity index (χ0n) is 14.4. The number of aromatic nitrogens is 4. The summed E-state index contributed by atoms with van der Waals surface area (Å²) in [5.41, 5.74) is 1.37. The van der Waals surface area contributed by atoms with Crippen molar-refractivity contribution in [3.63, 3.8) is 0 Å². The van der Waals surface area contributed by atoms with Crippen molar-refractivity contribution < 1.29 is 4.39 Å². The monoisotopic (exact) mass is 340 g/mol. The van der Waals surface area contributed by atoms with Crippen LogP contribution < -0.4 is 10.2 Å². The van der Waals surface area contributed by atoms with Crippen molar-refractivity contribution in [2.45, 2.75) is 25.8 Å². The standard InChI is InChI=1S/C18H21FN6/c1-12-9-16(24(2)23-12)25-8-4-5-13(10-25)22-18-14-6-3-7-15(19)17(14)20-11-21-18/h3,6-7,9,11,13H,4-5,8,10H2,1-2H3,(H,20,21,22). The number of benzene rings is 1. The third kappa shape index (κ3) is 3.01. The van der Waals surface area contributed by atoms with Gasteiger partial charge in [0.15, 0.2) is 0 Å². The third-order valence-corrected chi connectivity index (χ3v) is 4.68. The quantitative estimate of drug-likeness (QED) is 0.794. The number of nitrogens with zero attached hydrogens (tertiary/aromatic N) is 5.